The number of carboxylic acids is 1. The molecule has 142 valence electrons. The van der Waals surface area contributed by atoms with Gasteiger partial charge in [0.2, 0.25) is 5.95 Å². The maximum absolute atomic E-state index is 11.6. The summed E-state index contributed by atoms with van der Waals surface area (Å²) in [7, 11) is 0. The van der Waals surface area contributed by atoms with Crippen LogP contribution in [0.25, 0.3) is 11.2 Å². The van der Waals surface area contributed by atoms with Crippen LogP contribution >= 0.6 is 12.4 Å². The summed E-state index contributed by atoms with van der Waals surface area (Å²) in [6, 6.07) is -0.618. The average Bonchev–Trinajstić information content (AvgIpc) is 2.85. The van der Waals surface area contributed by atoms with Crippen LogP contribution < -0.4 is 16.6 Å². The SMILES string of the molecule is CC(C)C(NCCOCn1cnc2c(=O)[nH]c(N)nc21)C(=O)O.Cl.O. The zero-order valence-electron chi connectivity index (χ0n) is 13.9. The lowest BCUT2D eigenvalue weighted by Gasteiger charge is -2.17. The molecule has 0 aromatic carbocycles. The quantitative estimate of drug-likeness (QED) is 0.421. The fraction of sp³-hybridized carbons (Fsp3) is 0.538. The molecule has 0 radical (unpaired) electrons. The van der Waals surface area contributed by atoms with Gasteiger partial charge in [0.1, 0.15) is 12.8 Å². The number of fused-ring (bicyclic) bond motifs is 1. The van der Waals surface area contributed by atoms with Crippen molar-refractivity contribution < 1.29 is 20.1 Å². The van der Waals surface area contributed by atoms with Gasteiger partial charge < -0.3 is 26.4 Å². The number of nitrogens with zero attached hydrogens (tertiary/aromatic N) is 3. The van der Waals surface area contributed by atoms with Gasteiger partial charge in [0.05, 0.1) is 12.9 Å². The number of aliphatic carboxylic acids is 1. The molecule has 7 N–H and O–H groups in total. The topological polar surface area (TPSA) is 180 Å². The number of anilines is 1. The maximum atomic E-state index is 11.6. The number of aromatic amines is 1. The zero-order chi connectivity index (χ0) is 17.0. The number of hydrogen-bond acceptors (Lipinski definition) is 7. The number of halogens is 1. The van der Waals surface area contributed by atoms with Gasteiger partial charge in [-0.2, -0.15) is 4.98 Å². The molecular weight excluding hydrogens is 356 g/mol. The number of aromatic nitrogens is 4. The second-order valence-electron chi connectivity index (χ2n) is 5.39. The minimum atomic E-state index is -0.889. The molecule has 1 unspecified atom stereocenters. The molecule has 0 saturated carbocycles. The van der Waals surface area contributed by atoms with Gasteiger partial charge in [-0.25, -0.2) is 4.98 Å². The Balaban J connectivity index is 0.00000288. The normalized spacial score (nSPS) is 11.8. The minimum absolute atomic E-state index is 0. The van der Waals surface area contributed by atoms with Crippen molar-refractivity contribution in [2.75, 3.05) is 18.9 Å². The average molecular weight is 379 g/mol. The summed E-state index contributed by atoms with van der Waals surface area (Å²) < 4.78 is 7.00. The smallest absolute Gasteiger partial charge is 0.320 e. The van der Waals surface area contributed by atoms with Crippen molar-refractivity contribution in [3.8, 4) is 0 Å². The molecular formula is C13H23ClN6O5. The van der Waals surface area contributed by atoms with E-state index < -0.39 is 17.6 Å². The first kappa shape index (κ1) is 22.8. The second kappa shape index (κ2) is 9.93. The molecule has 11 nitrogen and oxygen atoms in total. The Morgan fingerprint density at radius 2 is 2.20 bits per heavy atom. The third-order valence-corrected chi connectivity index (χ3v) is 3.27. The molecule has 0 aliphatic heterocycles. The van der Waals surface area contributed by atoms with Crippen LogP contribution in [0.1, 0.15) is 13.8 Å². The van der Waals surface area contributed by atoms with E-state index in [-0.39, 0.29) is 42.0 Å². The van der Waals surface area contributed by atoms with E-state index in [1.165, 1.54) is 6.33 Å². The Kier molecular flexibility index (Phi) is 9.06. The van der Waals surface area contributed by atoms with Gasteiger partial charge in [-0.1, -0.05) is 13.8 Å². The minimum Gasteiger partial charge on any atom is -0.480 e. The number of rotatable bonds is 8. The van der Waals surface area contributed by atoms with Gasteiger partial charge >= 0.3 is 5.97 Å². The summed E-state index contributed by atoms with van der Waals surface area (Å²) in [4.78, 5) is 33.0. The molecule has 2 rings (SSSR count). The highest BCUT2D eigenvalue weighted by Crippen LogP contribution is 2.06. The number of H-pyrrole nitrogens is 1. The number of carboxylic acid groups (broad SMARTS) is 1. The maximum Gasteiger partial charge on any atom is 0.320 e. The van der Waals surface area contributed by atoms with Gasteiger partial charge in [-0.05, 0) is 5.92 Å². The van der Waals surface area contributed by atoms with Gasteiger partial charge in [0, 0.05) is 6.54 Å². The molecule has 2 aromatic rings. The van der Waals surface area contributed by atoms with Crippen LogP contribution in [0.15, 0.2) is 11.1 Å². The van der Waals surface area contributed by atoms with E-state index in [1.54, 1.807) is 4.57 Å². The van der Waals surface area contributed by atoms with Crippen molar-refractivity contribution >= 4 is 35.5 Å². The molecule has 0 saturated heterocycles. The third kappa shape index (κ3) is 5.67. The molecule has 2 aromatic heterocycles. The lowest BCUT2D eigenvalue weighted by molar-refractivity contribution is -0.140. The van der Waals surface area contributed by atoms with E-state index in [0.29, 0.717) is 18.8 Å². The van der Waals surface area contributed by atoms with Gasteiger partial charge in [0.15, 0.2) is 11.2 Å². The van der Waals surface area contributed by atoms with Crippen LogP contribution in [0.3, 0.4) is 0 Å². The summed E-state index contributed by atoms with van der Waals surface area (Å²) in [6.45, 7) is 4.48. The number of carbonyl (C=O) groups is 1. The number of nitrogens with one attached hydrogen (secondary N) is 2. The molecule has 25 heavy (non-hydrogen) atoms. The van der Waals surface area contributed by atoms with E-state index in [9.17, 15) is 9.59 Å². The first-order chi connectivity index (χ1) is 10.9. The van der Waals surface area contributed by atoms with E-state index in [2.05, 4.69) is 20.3 Å². The van der Waals surface area contributed by atoms with Crippen LogP contribution in [0.2, 0.25) is 0 Å². The standard InChI is InChI=1S/C13H20N6O4.ClH.H2O/c1-7(2)8(12(21)22)15-3-4-23-6-19-5-16-9-10(19)17-13(14)18-11(9)20;;/h5,7-8,15H,3-4,6H2,1-2H3,(H,21,22)(H3,14,17,18,20);1H;1H2. The number of nitrogens with two attached hydrogens (primary N) is 1. The van der Waals surface area contributed by atoms with Crippen molar-refractivity contribution in [2.24, 2.45) is 5.92 Å². The molecule has 0 spiro atoms. The van der Waals surface area contributed by atoms with Crippen LogP contribution in [-0.2, 0) is 16.3 Å². The monoisotopic (exact) mass is 378 g/mol. The van der Waals surface area contributed by atoms with Crippen molar-refractivity contribution in [1.29, 1.82) is 0 Å². The fourth-order valence-corrected chi connectivity index (χ4v) is 2.12. The summed E-state index contributed by atoms with van der Waals surface area (Å²) in [5.74, 6) is -0.907. The lowest BCUT2D eigenvalue weighted by Crippen LogP contribution is -2.42. The van der Waals surface area contributed by atoms with Gasteiger partial charge in [-0.15, -0.1) is 12.4 Å². The number of hydrogen-bond donors (Lipinski definition) is 4. The van der Waals surface area contributed by atoms with Crippen molar-refractivity contribution in [3.63, 3.8) is 0 Å². The number of ether oxygens (including phenoxy) is 1. The molecule has 2 heterocycles. The lowest BCUT2D eigenvalue weighted by atomic mass is 10.1. The zero-order valence-corrected chi connectivity index (χ0v) is 14.7. The summed E-state index contributed by atoms with van der Waals surface area (Å²) in [6.07, 6.45) is 1.44. The fourth-order valence-electron chi connectivity index (χ4n) is 2.12. The van der Waals surface area contributed by atoms with Crippen molar-refractivity contribution in [3.05, 3.63) is 16.7 Å². The Hall–Kier alpha value is -2.21. The molecule has 0 amide bonds. The highest BCUT2D eigenvalue weighted by Gasteiger charge is 2.20. The van der Waals surface area contributed by atoms with Crippen LogP contribution in [0.4, 0.5) is 5.95 Å². The first-order valence-electron chi connectivity index (χ1n) is 7.14. The predicted octanol–water partition coefficient (Wildman–Crippen LogP) is -1.03. The largest absolute Gasteiger partial charge is 0.480 e. The molecule has 0 aliphatic rings. The van der Waals surface area contributed by atoms with Gasteiger partial charge in [0.25, 0.3) is 5.56 Å². The predicted molar refractivity (Wildman–Crippen MR) is 93.6 cm³/mol. The van der Waals surface area contributed by atoms with Crippen LogP contribution in [0, 0.1) is 5.92 Å². The molecule has 1 atom stereocenters. The van der Waals surface area contributed by atoms with Crippen molar-refractivity contribution in [1.82, 2.24) is 24.8 Å². The molecule has 12 heteroatoms. The van der Waals surface area contributed by atoms with E-state index in [4.69, 9.17) is 15.6 Å². The second-order valence-corrected chi connectivity index (χ2v) is 5.39. The molecule has 0 bridgehead atoms. The van der Waals surface area contributed by atoms with Crippen LogP contribution in [-0.4, -0.2) is 55.3 Å². The summed E-state index contributed by atoms with van der Waals surface area (Å²) in [5, 5.41) is 12.0. The van der Waals surface area contributed by atoms with Crippen molar-refractivity contribution in [2.45, 2.75) is 26.6 Å². The Labute approximate surface area is 149 Å². The van der Waals surface area contributed by atoms with E-state index in [1.807, 2.05) is 13.8 Å². The Bertz CT molecular complexity index is 746. The Morgan fingerprint density at radius 3 is 2.80 bits per heavy atom. The van der Waals surface area contributed by atoms with E-state index in [0.717, 1.165) is 0 Å². The Morgan fingerprint density at radius 1 is 1.52 bits per heavy atom. The number of nitrogen functional groups attached to an aromatic ring is 1. The van der Waals surface area contributed by atoms with Gasteiger partial charge in [-0.3, -0.25) is 19.1 Å². The summed E-state index contributed by atoms with van der Waals surface area (Å²) in [5.41, 5.74) is 5.62. The third-order valence-electron chi connectivity index (χ3n) is 3.27. The highest BCUT2D eigenvalue weighted by molar-refractivity contribution is 5.85. The number of imidazole rings is 1. The molecule has 0 aliphatic carbocycles. The molecule has 0 fully saturated rings. The van der Waals surface area contributed by atoms with Crippen LogP contribution in [0.5, 0.6) is 0 Å². The summed E-state index contributed by atoms with van der Waals surface area (Å²) >= 11 is 0. The highest BCUT2D eigenvalue weighted by atomic mass is 35.5. The van der Waals surface area contributed by atoms with E-state index >= 15 is 0 Å². The first-order valence-corrected chi connectivity index (χ1v) is 7.14.